The lowest BCUT2D eigenvalue weighted by atomic mass is 9.96. The Morgan fingerprint density at radius 1 is 1.27 bits per heavy atom. The van der Waals surface area contributed by atoms with Crippen LogP contribution in [0.5, 0.6) is 5.75 Å². The molecule has 3 aromatic rings. The molecule has 2 fully saturated rings. The Balaban J connectivity index is 1.38. The van der Waals surface area contributed by atoms with Gasteiger partial charge in [-0.2, -0.15) is 0 Å². The molecule has 0 unspecified atom stereocenters. The lowest BCUT2D eigenvalue weighted by Crippen LogP contribution is -2.32. The Morgan fingerprint density at radius 2 is 2.14 bits per heavy atom. The largest absolute Gasteiger partial charge is 0.488 e. The van der Waals surface area contributed by atoms with E-state index in [9.17, 15) is 9.18 Å². The molecule has 8 nitrogen and oxygen atoms in total. The third-order valence-corrected chi connectivity index (χ3v) is 7.00. The van der Waals surface area contributed by atoms with Crippen molar-refractivity contribution in [2.45, 2.75) is 37.8 Å². The maximum Gasteiger partial charge on any atom is 0.248 e. The number of fused-ring (bicyclic) bond motifs is 1. The number of nitrogens with one attached hydrogen (secondary N) is 2. The Morgan fingerprint density at radius 3 is 2.86 bits per heavy atom. The quantitative estimate of drug-likeness (QED) is 0.366. The Hall–Kier alpha value is -3.27. The van der Waals surface area contributed by atoms with Crippen molar-refractivity contribution in [2.24, 2.45) is 0 Å². The van der Waals surface area contributed by atoms with E-state index in [2.05, 4.69) is 25.5 Å². The van der Waals surface area contributed by atoms with E-state index in [4.69, 9.17) is 21.1 Å². The van der Waals surface area contributed by atoms with Crippen molar-refractivity contribution in [3.05, 3.63) is 59.7 Å². The highest BCUT2D eigenvalue weighted by Crippen LogP contribution is 2.36. The monoisotopic (exact) mass is 525 g/mol. The zero-order chi connectivity index (χ0) is 25.8. The maximum atomic E-state index is 13.6. The van der Waals surface area contributed by atoms with Gasteiger partial charge in [0.25, 0.3) is 0 Å². The van der Waals surface area contributed by atoms with Gasteiger partial charge in [0.2, 0.25) is 5.91 Å². The van der Waals surface area contributed by atoms with E-state index in [1.807, 2.05) is 19.2 Å². The molecule has 1 aliphatic carbocycles. The van der Waals surface area contributed by atoms with Crippen molar-refractivity contribution in [1.82, 2.24) is 14.9 Å². The summed E-state index contributed by atoms with van der Waals surface area (Å²) in [5.74, 6) is 0.298. The average Bonchev–Trinajstić information content (AvgIpc) is 3.39. The van der Waals surface area contributed by atoms with Crippen LogP contribution in [0.15, 0.2) is 48.8 Å². The molecular formula is C27H29ClFN5O3. The summed E-state index contributed by atoms with van der Waals surface area (Å²) in [5.41, 5.74) is 1.75. The van der Waals surface area contributed by atoms with Crippen molar-refractivity contribution in [1.29, 1.82) is 0 Å². The summed E-state index contributed by atoms with van der Waals surface area (Å²) < 4.78 is 25.2. The number of ether oxygens (including phenoxy) is 2. The SMILES string of the molecule is CN(C/C=C/C(=O)Nc1cc2c(Nc3ccc(F)c(Cl)c3)ncnc2cc1OC1CCC1)[C@H]1CCOC1. The first-order valence-electron chi connectivity index (χ1n) is 12.4. The first-order valence-corrected chi connectivity index (χ1v) is 12.8. The third kappa shape index (κ3) is 6.18. The van der Waals surface area contributed by atoms with Crippen molar-refractivity contribution < 1.29 is 18.7 Å². The summed E-state index contributed by atoms with van der Waals surface area (Å²) in [4.78, 5) is 23.8. The van der Waals surface area contributed by atoms with Gasteiger partial charge in [-0.15, -0.1) is 0 Å². The molecule has 2 heterocycles. The van der Waals surface area contributed by atoms with Crippen LogP contribution in [0.25, 0.3) is 10.9 Å². The summed E-state index contributed by atoms with van der Waals surface area (Å²) in [6.07, 6.45) is 9.01. The molecular weight excluding hydrogens is 497 g/mol. The Kier molecular flexibility index (Phi) is 7.83. The van der Waals surface area contributed by atoms with Crippen molar-refractivity contribution >= 4 is 45.6 Å². The molecule has 1 aromatic heterocycles. The summed E-state index contributed by atoms with van der Waals surface area (Å²) in [5, 5.41) is 6.80. The molecule has 10 heteroatoms. The zero-order valence-corrected chi connectivity index (χ0v) is 21.3. The highest BCUT2D eigenvalue weighted by atomic mass is 35.5. The molecule has 1 saturated heterocycles. The number of amides is 1. The summed E-state index contributed by atoms with van der Waals surface area (Å²) in [6.45, 7) is 2.14. The number of hydrogen-bond acceptors (Lipinski definition) is 7. The van der Waals surface area contributed by atoms with Crippen LogP contribution in [-0.2, 0) is 9.53 Å². The van der Waals surface area contributed by atoms with Gasteiger partial charge in [-0.3, -0.25) is 9.69 Å². The van der Waals surface area contributed by atoms with Gasteiger partial charge in [0.05, 0.1) is 28.9 Å². The minimum atomic E-state index is -0.502. The van der Waals surface area contributed by atoms with Gasteiger partial charge in [-0.1, -0.05) is 17.7 Å². The number of anilines is 3. The van der Waals surface area contributed by atoms with E-state index in [1.54, 1.807) is 12.1 Å². The van der Waals surface area contributed by atoms with Crippen LogP contribution in [0.3, 0.4) is 0 Å². The number of benzene rings is 2. The predicted octanol–water partition coefficient (Wildman–Crippen LogP) is 5.31. The second kappa shape index (κ2) is 11.4. The number of rotatable bonds is 9. The number of halogens is 2. The van der Waals surface area contributed by atoms with Crippen LogP contribution in [0.1, 0.15) is 25.7 Å². The van der Waals surface area contributed by atoms with Crippen LogP contribution in [-0.4, -0.2) is 59.7 Å². The fourth-order valence-corrected chi connectivity index (χ4v) is 4.46. The lowest BCUT2D eigenvalue weighted by Gasteiger charge is -2.27. The number of carbonyl (C=O) groups excluding carboxylic acids is 1. The van der Waals surface area contributed by atoms with Gasteiger partial charge >= 0.3 is 0 Å². The molecule has 37 heavy (non-hydrogen) atoms. The Labute approximate surface area is 219 Å². The van der Waals surface area contributed by atoms with Crippen LogP contribution in [0.4, 0.5) is 21.6 Å². The maximum absolute atomic E-state index is 13.6. The normalized spacial score (nSPS) is 17.9. The predicted molar refractivity (Wildman–Crippen MR) is 142 cm³/mol. The van der Waals surface area contributed by atoms with Crippen molar-refractivity contribution in [3.63, 3.8) is 0 Å². The number of likely N-dealkylation sites (N-methyl/N-ethyl adjacent to an activating group) is 1. The number of hydrogen-bond donors (Lipinski definition) is 2. The molecule has 194 valence electrons. The molecule has 5 rings (SSSR count). The van der Waals surface area contributed by atoms with Crippen LogP contribution < -0.4 is 15.4 Å². The second-order valence-corrected chi connectivity index (χ2v) is 9.77. The molecule has 0 spiro atoms. The molecule has 1 atom stereocenters. The van der Waals surface area contributed by atoms with E-state index >= 15 is 0 Å². The average molecular weight is 526 g/mol. The molecule has 2 aliphatic rings. The van der Waals surface area contributed by atoms with E-state index in [-0.39, 0.29) is 17.0 Å². The number of carbonyl (C=O) groups is 1. The summed E-state index contributed by atoms with van der Waals surface area (Å²) in [7, 11) is 2.03. The summed E-state index contributed by atoms with van der Waals surface area (Å²) >= 11 is 5.94. The van der Waals surface area contributed by atoms with Crippen LogP contribution in [0, 0.1) is 5.82 Å². The number of aromatic nitrogens is 2. The van der Waals surface area contributed by atoms with Gasteiger partial charge < -0.3 is 20.1 Å². The third-order valence-electron chi connectivity index (χ3n) is 6.71. The van der Waals surface area contributed by atoms with Gasteiger partial charge in [0, 0.05) is 42.4 Å². The highest BCUT2D eigenvalue weighted by Gasteiger charge is 2.22. The van der Waals surface area contributed by atoms with E-state index in [1.165, 1.54) is 24.5 Å². The molecule has 1 amide bonds. The molecule has 1 aliphatic heterocycles. The van der Waals surface area contributed by atoms with Gasteiger partial charge in [0.15, 0.2) is 0 Å². The van der Waals surface area contributed by atoms with Gasteiger partial charge in [-0.25, -0.2) is 14.4 Å². The minimum Gasteiger partial charge on any atom is -0.488 e. The first kappa shape index (κ1) is 25.4. The topological polar surface area (TPSA) is 88.6 Å². The molecule has 2 N–H and O–H groups in total. The second-order valence-electron chi connectivity index (χ2n) is 9.36. The fraction of sp³-hybridized carbons (Fsp3) is 0.370. The first-order chi connectivity index (χ1) is 18.0. The fourth-order valence-electron chi connectivity index (χ4n) is 4.28. The minimum absolute atomic E-state index is 0.00499. The standard InChI is InChI=1S/C27H29ClFN5O3/c1-34(18-9-11-36-15-18)10-3-6-26(35)33-24-13-20-23(14-25(24)37-19-4-2-5-19)30-16-31-27(20)32-17-7-8-22(29)21(28)12-17/h3,6-8,12-14,16,18-19H,2,4-5,9-11,15H2,1H3,(H,33,35)(H,30,31,32)/b6-3+/t18-/m0/s1. The smallest absolute Gasteiger partial charge is 0.248 e. The molecule has 0 radical (unpaired) electrons. The van der Waals surface area contributed by atoms with Crippen molar-refractivity contribution in [3.8, 4) is 5.75 Å². The molecule has 0 bridgehead atoms. The zero-order valence-electron chi connectivity index (χ0n) is 20.5. The van der Waals surface area contributed by atoms with Crippen molar-refractivity contribution in [2.75, 3.05) is 37.4 Å². The number of nitrogens with zero attached hydrogens (tertiary/aromatic N) is 3. The Bertz CT molecular complexity index is 1310. The highest BCUT2D eigenvalue weighted by molar-refractivity contribution is 6.31. The van der Waals surface area contributed by atoms with Gasteiger partial charge in [-0.05, 0) is 57.0 Å². The van der Waals surface area contributed by atoms with E-state index in [0.29, 0.717) is 46.4 Å². The van der Waals surface area contributed by atoms with Crippen LogP contribution >= 0.6 is 11.6 Å². The van der Waals surface area contributed by atoms with Gasteiger partial charge in [0.1, 0.15) is 23.7 Å². The van der Waals surface area contributed by atoms with Crippen LogP contribution in [0.2, 0.25) is 5.02 Å². The molecule has 2 aromatic carbocycles. The van der Waals surface area contributed by atoms with E-state index < -0.39 is 5.82 Å². The summed E-state index contributed by atoms with van der Waals surface area (Å²) in [6, 6.07) is 8.33. The molecule has 1 saturated carbocycles. The van der Waals surface area contributed by atoms with E-state index in [0.717, 1.165) is 38.9 Å². The lowest BCUT2D eigenvalue weighted by molar-refractivity contribution is -0.111.